The van der Waals surface area contributed by atoms with E-state index < -0.39 is 11.6 Å². The molecule has 0 amide bonds. The Balaban J connectivity index is 2.30. The number of ether oxygens (including phenoxy) is 2. The highest BCUT2D eigenvalue weighted by Crippen LogP contribution is 2.40. The first-order chi connectivity index (χ1) is 11.5. The fraction of sp³-hybridized carbons (Fsp3) is 0.176. The van der Waals surface area contributed by atoms with Gasteiger partial charge in [-0.15, -0.1) is 0 Å². The Morgan fingerprint density at radius 2 is 1.96 bits per heavy atom. The first kappa shape index (κ1) is 16.8. The van der Waals surface area contributed by atoms with Crippen molar-refractivity contribution in [3.63, 3.8) is 0 Å². The van der Waals surface area contributed by atoms with Crippen LogP contribution in [-0.2, 0) is 19.9 Å². The number of benzene rings is 2. The smallest absolute Gasteiger partial charge is 0.347 e. The van der Waals surface area contributed by atoms with E-state index in [4.69, 9.17) is 37.1 Å². The van der Waals surface area contributed by atoms with Crippen LogP contribution in [0.3, 0.4) is 0 Å². The highest BCUT2D eigenvalue weighted by Gasteiger charge is 2.45. The van der Waals surface area contributed by atoms with Crippen molar-refractivity contribution >= 4 is 40.3 Å². The summed E-state index contributed by atoms with van der Waals surface area (Å²) in [5.41, 5.74) is 0.566. The number of rotatable bonds is 4. The summed E-state index contributed by atoms with van der Waals surface area (Å²) in [6.07, 6.45) is 1.33. The van der Waals surface area contributed by atoms with E-state index in [0.717, 1.165) is 0 Å². The van der Waals surface area contributed by atoms with Crippen LogP contribution in [0, 0.1) is 0 Å². The molecule has 0 N–H and O–H groups in total. The summed E-state index contributed by atoms with van der Waals surface area (Å²) >= 11 is 12.3. The first-order valence-corrected chi connectivity index (χ1v) is 7.71. The van der Waals surface area contributed by atoms with E-state index in [2.05, 4.69) is 4.98 Å². The molecule has 5 nitrogen and oxygen atoms in total. The number of aromatic nitrogens is 1. The van der Waals surface area contributed by atoms with Gasteiger partial charge in [0.25, 0.3) is 0 Å². The lowest BCUT2D eigenvalue weighted by atomic mass is 9.85. The van der Waals surface area contributed by atoms with Gasteiger partial charge in [0.1, 0.15) is 5.52 Å². The molecule has 0 spiro atoms. The van der Waals surface area contributed by atoms with Gasteiger partial charge >= 0.3 is 5.97 Å². The summed E-state index contributed by atoms with van der Waals surface area (Å²) in [4.78, 5) is 16.8. The molecule has 1 unspecified atom stereocenters. The molecule has 2 aromatic carbocycles. The molecule has 124 valence electrons. The summed E-state index contributed by atoms with van der Waals surface area (Å²) in [6.45, 7) is 0. The van der Waals surface area contributed by atoms with Gasteiger partial charge in [0.15, 0.2) is 12.0 Å². The van der Waals surface area contributed by atoms with E-state index in [1.165, 1.54) is 20.6 Å². The number of methoxy groups -OCH3 is 2. The van der Waals surface area contributed by atoms with E-state index in [9.17, 15) is 4.79 Å². The molecule has 0 bridgehead atoms. The van der Waals surface area contributed by atoms with Gasteiger partial charge in [0.05, 0.1) is 7.11 Å². The van der Waals surface area contributed by atoms with E-state index in [1.807, 2.05) is 0 Å². The zero-order valence-electron chi connectivity index (χ0n) is 12.9. The Hall–Kier alpha value is -2.08. The number of esters is 1. The van der Waals surface area contributed by atoms with Crippen molar-refractivity contribution in [2.24, 2.45) is 0 Å². The maximum Gasteiger partial charge on any atom is 0.347 e. The van der Waals surface area contributed by atoms with Crippen molar-refractivity contribution in [2.45, 2.75) is 5.60 Å². The van der Waals surface area contributed by atoms with Gasteiger partial charge in [0.2, 0.25) is 5.60 Å². The molecule has 0 radical (unpaired) electrons. The second-order valence-electron chi connectivity index (χ2n) is 5.04. The van der Waals surface area contributed by atoms with Gasteiger partial charge in [-0.3, -0.25) is 0 Å². The molecular weight excluding hydrogens is 353 g/mol. The molecule has 0 fully saturated rings. The lowest BCUT2D eigenvalue weighted by molar-refractivity contribution is -0.162. The van der Waals surface area contributed by atoms with E-state index in [-0.39, 0.29) is 5.02 Å². The highest BCUT2D eigenvalue weighted by molar-refractivity contribution is 6.35. The van der Waals surface area contributed by atoms with Crippen molar-refractivity contribution in [3.8, 4) is 0 Å². The van der Waals surface area contributed by atoms with E-state index in [1.54, 1.807) is 36.4 Å². The third-order valence-corrected chi connectivity index (χ3v) is 4.37. The van der Waals surface area contributed by atoms with Crippen LogP contribution in [0.25, 0.3) is 11.1 Å². The summed E-state index contributed by atoms with van der Waals surface area (Å²) in [5.74, 6) is -0.614. The number of fused-ring (bicyclic) bond motifs is 1. The van der Waals surface area contributed by atoms with Crippen molar-refractivity contribution in [1.82, 2.24) is 4.98 Å². The molecule has 1 aromatic heterocycles. The number of carbonyl (C=O) groups is 1. The normalized spacial score (nSPS) is 13.7. The SMILES string of the molecule is COC(=O)C(OC)(c1ccc2ocnc2c1)c1ccc(Cl)cc1Cl. The Kier molecular flexibility index (Phi) is 4.49. The Bertz CT molecular complexity index is 908. The number of hydrogen-bond acceptors (Lipinski definition) is 5. The van der Waals surface area contributed by atoms with Crippen LogP contribution in [0.1, 0.15) is 11.1 Å². The highest BCUT2D eigenvalue weighted by atomic mass is 35.5. The Labute approximate surface area is 148 Å². The lowest BCUT2D eigenvalue weighted by Crippen LogP contribution is -2.40. The van der Waals surface area contributed by atoms with Crippen LogP contribution in [0.15, 0.2) is 47.2 Å². The molecule has 0 saturated heterocycles. The largest absolute Gasteiger partial charge is 0.466 e. The van der Waals surface area contributed by atoms with Crippen LogP contribution in [-0.4, -0.2) is 25.2 Å². The average molecular weight is 366 g/mol. The zero-order valence-corrected chi connectivity index (χ0v) is 14.4. The lowest BCUT2D eigenvalue weighted by Gasteiger charge is -2.31. The molecule has 3 aromatic rings. The van der Waals surface area contributed by atoms with Gasteiger partial charge < -0.3 is 13.9 Å². The van der Waals surface area contributed by atoms with Gasteiger partial charge in [-0.25, -0.2) is 9.78 Å². The van der Waals surface area contributed by atoms with Crippen LogP contribution in [0.2, 0.25) is 10.0 Å². The number of oxazole rings is 1. The molecule has 1 atom stereocenters. The fourth-order valence-electron chi connectivity index (χ4n) is 2.69. The predicted molar refractivity (Wildman–Crippen MR) is 90.3 cm³/mol. The fourth-order valence-corrected chi connectivity index (χ4v) is 3.23. The minimum Gasteiger partial charge on any atom is -0.466 e. The quantitative estimate of drug-likeness (QED) is 0.648. The molecule has 0 aliphatic heterocycles. The third kappa shape index (κ3) is 2.55. The molecule has 0 saturated carbocycles. The summed E-state index contributed by atoms with van der Waals surface area (Å²) in [6, 6.07) is 9.93. The second kappa shape index (κ2) is 6.43. The van der Waals surface area contributed by atoms with Crippen LogP contribution in [0.5, 0.6) is 0 Å². The van der Waals surface area contributed by atoms with E-state index in [0.29, 0.717) is 27.2 Å². The van der Waals surface area contributed by atoms with Gasteiger partial charge in [-0.2, -0.15) is 0 Å². The summed E-state index contributed by atoms with van der Waals surface area (Å²) in [5, 5.41) is 0.737. The number of halogens is 2. The van der Waals surface area contributed by atoms with Crippen LogP contribution in [0.4, 0.5) is 0 Å². The molecule has 7 heteroatoms. The average Bonchev–Trinajstić information content (AvgIpc) is 3.05. The van der Waals surface area contributed by atoms with Gasteiger partial charge in [0, 0.05) is 28.3 Å². The van der Waals surface area contributed by atoms with E-state index >= 15 is 0 Å². The third-order valence-electron chi connectivity index (χ3n) is 3.83. The number of hydrogen-bond donors (Lipinski definition) is 0. The van der Waals surface area contributed by atoms with Crippen molar-refractivity contribution < 1.29 is 18.7 Å². The zero-order chi connectivity index (χ0) is 17.3. The molecule has 1 heterocycles. The minimum atomic E-state index is -1.55. The maximum atomic E-state index is 12.7. The first-order valence-electron chi connectivity index (χ1n) is 6.95. The molecular formula is C17H13Cl2NO4. The van der Waals surface area contributed by atoms with Crippen LogP contribution >= 0.6 is 23.2 Å². The summed E-state index contributed by atoms with van der Waals surface area (Å²) < 4.78 is 15.9. The standard InChI is InChI=1S/C17H13Cl2NO4/c1-22-16(21)17(23-2,12-5-4-11(18)8-13(12)19)10-3-6-15-14(7-10)20-9-24-15/h3-9H,1-2H3. The number of carbonyl (C=O) groups excluding carboxylic acids is 1. The Morgan fingerprint density at radius 1 is 1.17 bits per heavy atom. The summed E-state index contributed by atoms with van der Waals surface area (Å²) in [7, 11) is 2.70. The van der Waals surface area contributed by atoms with Crippen LogP contribution < -0.4 is 0 Å². The molecule has 0 aliphatic rings. The molecule has 0 aliphatic carbocycles. The minimum absolute atomic E-state index is 0.287. The monoisotopic (exact) mass is 365 g/mol. The Morgan fingerprint density at radius 3 is 2.62 bits per heavy atom. The van der Waals surface area contributed by atoms with Gasteiger partial charge in [-0.1, -0.05) is 35.3 Å². The number of nitrogens with zero attached hydrogens (tertiary/aromatic N) is 1. The molecule has 3 rings (SSSR count). The van der Waals surface area contributed by atoms with Crippen molar-refractivity contribution in [1.29, 1.82) is 0 Å². The topological polar surface area (TPSA) is 61.6 Å². The van der Waals surface area contributed by atoms with Crippen molar-refractivity contribution in [2.75, 3.05) is 14.2 Å². The van der Waals surface area contributed by atoms with Crippen molar-refractivity contribution in [3.05, 3.63) is 64.0 Å². The second-order valence-corrected chi connectivity index (χ2v) is 5.88. The molecule has 24 heavy (non-hydrogen) atoms. The van der Waals surface area contributed by atoms with Gasteiger partial charge in [-0.05, 0) is 24.3 Å². The predicted octanol–water partition coefficient (Wildman–Crippen LogP) is 4.20. The maximum absolute atomic E-state index is 12.7.